The Balaban J connectivity index is 2.21. The average Bonchev–Trinajstić information content (AvgIpc) is 2.74. The molecule has 7 heteroatoms. The summed E-state index contributed by atoms with van der Waals surface area (Å²) in [5, 5.41) is 0. The van der Waals surface area contributed by atoms with E-state index in [0.29, 0.717) is 0 Å². The predicted molar refractivity (Wildman–Crippen MR) is 86.3 cm³/mol. The van der Waals surface area contributed by atoms with Gasteiger partial charge in [0.15, 0.2) is 0 Å². The number of nitrogens with zero attached hydrogens (tertiary/aromatic N) is 1. The van der Waals surface area contributed by atoms with Gasteiger partial charge in [0.2, 0.25) is 21.8 Å². The Labute approximate surface area is 136 Å². The monoisotopic (exact) mass is 338 g/mol. The minimum atomic E-state index is -3.84. The van der Waals surface area contributed by atoms with Gasteiger partial charge in [-0.2, -0.15) is 4.72 Å². The number of amides is 2. The number of hydrogen-bond donors (Lipinski definition) is 1. The molecular weight excluding hydrogens is 316 g/mol. The van der Waals surface area contributed by atoms with Crippen molar-refractivity contribution in [2.24, 2.45) is 0 Å². The zero-order chi connectivity index (χ0) is 17.4. The van der Waals surface area contributed by atoms with Crippen LogP contribution in [-0.2, 0) is 25.0 Å². The van der Waals surface area contributed by atoms with Crippen LogP contribution in [0.3, 0.4) is 0 Å². The summed E-state index contributed by atoms with van der Waals surface area (Å²) in [6.45, 7) is 6.26. The molecule has 6 nitrogen and oxygen atoms in total. The first-order valence-electron chi connectivity index (χ1n) is 7.52. The van der Waals surface area contributed by atoms with Crippen LogP contribution in [0.25, 0.3) is 0 Å². The smallest absolute Gasteiger partial charge is 0.247 e. The second-order valence-corrected chi connectivity index (χ2v) is 8.14. The van der Waals surface area contributed by atoms with Gasteiger partial charge in [-0.15, -0.1) is 0 Å². The second kappa shape index (κ2) is 6.05. The Hall–Kier alpha value is -1.73. The Morgan fingerprint density at radius 2 is 1.78 bits per heavy atom. The third-order valence-electron chi connectivity index (χ3n) is 4.51. The fourth-order valence-electron chi connectivity index (χ4n) is 2.39. The summed E-state index contributed by atoms with van der Waals surface area (Å²) < 4.78 is 27.1. The minimum absolute atomic E-state index is 0.0354. The highest BCUT2D eigenvalue weighted by Gasteiger charge is 2.38. The molecule has 1 aromatic rings. The summed E-state index contributed by atoms with van der Waals surface area (Å²) in [6.07, 6.45) is 0.790. The lowest BCUT2D eigenvalue weighted by molar-refractivity contribution is -0.137. The lowest BCUT2D eigenvalue weighted by Crippen LogP contribution is -2.40. The number of hydrogen-bond acceptors (Lipinski definition) is 4. The third-order valence-corrected chi connectivity index (χ3v) is 6.00. The highest BCUT2D eigenvalue weighted by atomic mass is 32.2. The van der Waals surface area contributed by atoms with Crippen molar-refractivity contribution in [3.63, 3.8) is 0 Å². The van der Waals surface area contributed by atoms with E-state index in [0.717, 1.165) is 16.9 Å². The number of carbonyl (C=O) groups is 2. The van der Waals surface area contributed by atoms with E-state index in [-0.39, 0.29) is 22.6 Å². The molecule has 0 aromatic heterocycles. The van der Waals surface area contributed by atoms with E-state index < -0.39 is 22.0 Å². The SMILES string of the molecule is CCC(C)(C)c1ccc(S(=O)(=O)NC2CC(=O)N(C)C2=O)cc1. The highest BCUT2D eigenvalue weighted by Crippen LogP contribution is 2.27. The molecule has 23 heavy (non-hydrogen) atoms. The van der Waals surface area contributed by atoms with Crippen molar-refractivity contribution in [2.45, 2.75) is 50.0 Å². The van der Waals surface area contributed by atoms with Gasteiger partial charge in [0.05, 0.1) is 11.3 Å². The molecule has 1 aliphatic rings. The number of benzene rings is 1. The topological polar surface area (TPSA) is 83.6 Å². The summed E-state index contributed by atoms with van der Waals surface area (Å²) >= 11 is 0. The molecule has 0 spiro atoms. The Kier molecular flexibility index (Phi) is 4.64. The van der Waals surface area contributed by atoms with Crippen LogP contribution in [0.4, 0.5) is 0 Å². The largest absolute Gasteiger partial charge is 0.284 e. The first-order chi connectivity index (χ1) is 10.6. The number of nitrogens with one attached hydrogen (secondary N) is 1. The molecule has 0 aliphatic carbocycles. The maximum atomic E-state index is 12.4. The summed E-state index contributed by atoms with van der Waals surface area (Å²) in [7, 11) is -2.49. The van der Waals surface area contributed by atoms with Crippen molar-refractivity contribution >= 4 is 21.8 Å². The summed E-state index contributed by atoms with van der Waals surface area (Å²) in [6, 6.07) is 5.60. The molecule has 1 N–H and O–H groups in total. The maximum absolute atomic E-state index is 12.4. The van der Waals surface area contributed by atoms with Crippen molar-refractivity contribution in [3.8, 4) is 0 Å². The fourth-order valence-corrected chi connectivity index (χ4v) is 3.58. The number of imide groups is 1. The van der Waals surface area contributed by atoms with E-state index in [1.165, 1.54) is 19.2 Å². The molecule has 1 saturated heterocycles. The highest BCUT2D eigenvalue weighted by molar-refractivity contribution is 7.89. The Morgan fingerprint density at radius 3 is 2.22 bits per heavy atom. The van der Waals surface area contributed by atoms with Crippen LogP contribution in [0, 0.1) is 0 Å². The molecule has 2 rings (SSSR count). The summed E-state index contributed by atoms with van der Waals surface area (Å²) in [5.41, 5.74) is 1.01. The third kappa shape index (κ3) is 3.45. The zero-order valence-corrected chi connectivity index (χ0v) is 14.6. The van der Waals surface area contributed by atoms with Gasteiger partial charge in [-0.25, -0.2) is 8.42 Å². The van der Waals surface area contributed by atoms with Gasteiger partial charge in [-0.05, 0) is 29.5 Å². The van der Waals surface area contributed by atoms with Crippen molar-refractivity contribution < 1.29 is 18.0 Å². The predicted octanol–water partition coefficient (Wildman–Crippen LogP) is 1.41. The molecule has 0 bridgehead atoms. The van der Waals surface area contributed by atoms with Crippen LogP contribution in [0.1, 0.15) is 39.2 Å². The van der Waals surface area contributed by atoms with Crippen LogP contribution in [0.5, 0.6) is 0 Å². The molecule has 1 fully saturated rings. The van der Waals surface area contributed by atoms with E-state index >= 15 is 0 Å². The first-order valence-corrected chi connectivity index (χ1v) is 9.00. The molecule has 0 saturated carbocycles. The number of rotatable bonds is 5. The van der Waals surface area contributed by atoms with Gasteiger partial charge in [-0.1, -0.05) is 32.9 Å². The summed E-state index contributed by atoms with van der Waals surface area (Å²) in [5.74, 6) is -0.912. The zero-order valence-electron chi connectivity index (χ0n) is 13.8. The van der Waals surface area contributed by atoms with Crippen molar-refractivity contribution in [1.29, 1.82) is 0 Å². The van der Waals surface area contributed by atoms with E-state index in [1.807, 2.05) is 0 Å². The molecule has 1 atom stereocenters. The van der Waals surface area contributed by atoms with Crippen LogP contribution in [0.15, 0.2) is 29.2 Å². The van der Waals surface area contributed by atoms with Gasteiger partial charge in [-0.3, -0.25) is 14.5 Å². The number of likely N-dealkylation sites (N-methyl/N-ethyl adjacent to an activating group) is 1. The lowest BCUT2D eigenvalue weighted by Gasteiger charge is -2.23. The number of sulfonamides is 1. The molecule has 1 unspecified atom stereocenters. The quantitative estimate of drug-likeness (QED) is 0.823. The first kappa shape index (κ1) is 17.6. The number of likely N-dealkylation sites (tertiary alicyclic amines) is 1. The van der Waals surface area contributed by atoms with Gasteiger partial charge >= 0.3 is 0 Å². The second-order valence-electron chi connectivity index (χ2n) is 6.43. The maximum Gasteiger partial charge on any atom is 0.247 e. The molecule has 1 aromatic carbocycles. The van der Waals surface area contributed by atoms with Gasteiger partial charge < -0.3 is 0 Å². The van der Waals surface area contributed by atoms with Crippen LogP contribution >= 0.6 is 0 Å². The molecule has 0 radical (unpaired) electrons. The van der Waals surface area contributed by atoms with Gasteiger partial charge in [0.1, 0.15) is 6.04 Å². The van der Waals surface area contributed by atoms with E-state index in [1.54, 1.807) is 12.1 Å². The van der Waals surface area contributed by atoms with Gasteiger partial charge in [0, 0.05) is 7.05 Å². The summed E-state index contributed by atoms with van der Waals surface area (Å²) in [4.78, 5) is 24.3. The molecule has 2 amide bonds. The van der Waals surface area contributed by atoms with Gasteiger partial charge in [0.25, 0.3) is 0 Å². The molecule has 1 aliphatic heterocycles. The number of carbonyl (C=O) groups excluding carboxylic acids is 2. The van der Waals surface area contributed by atoms with Crippen LogP contribution in [0.2, 0.25) is 0 Å². The van der Waals surface area contributed by atoms with Crippen molar-refractivity contribution in [2.75, 3.05) is 7.05 Å². The van der Waals surface area contributed by atoms with E-state index in [4.69, 9.17) is 0 Å². The standard InChI is InChI=1S/C16H22N2O4S/c1-5-16(2,3)11-6-8-12(9-7-11)23(21,22)17-13-10-14(19)18(4)15(13)20/h6-9,13,17H,5,10H2,1-4H3. The van der Waals surface area contributed by atoms with E-state index in [2.05, 4.69) is 25.5 Å². The normalized spacial score (nSPS) is 19.5. The Bertz CT molecular complexity index is 723. The minimum Gasteiger partial charge on any atom is -0.284 e. The Morgan fingerprint density at radius 1 is 1.22 bits per heavy atom. The fraction of sp³-hybridized carbons (Fsp3) is 0.500. The van der Waals surface area contributed by atoms with E-state index in [9.17, 15) is 18.0 Å². The molecule has 126 valence electrons. The lowest BCUT2D eigenvalue weighted by atomic mass is 9.82. The molecular formula is C16H22N2O4S. The van der Waals surface area contributed by atoms with Crippen LogP contribution in [-0.4, -0.2) is 38.2 Å². The van der Waals surface area contributed by atoms with Crippen LogP contribution < -0.4 is 4.72 Å². The molecule has 1 heterocycles. The van der Waals surface area contributed by atoms with Crippen molar-refractivity contribution in [3.05, 3.63) is 29.8 Å². The van der Waals surface area contributed by atoms with Crippen molar-refractivity contribution in [1.82, 2.24) is 9.62 Å². The average molecular weight is 338 g/mol.